The summed E-state index contributed by atoms with van der Waals surface area (Å²) < 4.78 is 31.0. The topological polar surface area (TPSA) is 71.3 Å². The van der Waals surface area contributed by atoms with E-state index in [0.717, 1.165) is 42.7 Å². The number of sulfonamides is 1. The van der Waals surface area contributed by atoms with Gasteiger partial charge in [0, 0.05) is 32.9 Å². The fourth-order valence-electron chi connectivity index (χ4n) is 4.64. The van der Waals surface area contributed by atoms with Crippen LogP contribution in [0.2, 0.25) is 0 Å². The first-order chi connectivity index (χ1) is 14.0. The van der Waals surface area contributed by atoms with Gasteiger partial charge >= 0.3 is 0 Å². The zero-order chi connectivity index (χ0) is 20.0. The van der Waals surface area contributed by atoms with Gasteiger partial charge < -0.3 is 0 Å². The van der Waals surface area contributed by atoms with E-state index in [2.05, 4.69) is 21.0 Å². The summed E-state index contributed by atoms with van der Waals surface area (Å²) in [6, 6.07) is 7.34. The summed E-state index contributed by atoms with van der Waals surface area (Å²) in [5, 5.41) is 4.26. The lowest BCUT2D eigenvalue weighted by Gasteiger charge is -2.22. The maximum atomic E-state index is 13.2. The largest absolute Gasteiger partial charge is 0.298 e. The van der Waals surface area contributed by atoms with Crippen molar-refractivity contribution >= 4 is 31.6 Å². The SMILES string of the molecule is Cn1nccc1CN1CC[C@@H]2CN(S(=O)(=O)c3ccc4ncsc4c3)C[C@@H]2CC1. The summed E-state index contributed by atoms with van der Waals surface area (Å²) in [4.78, 5) is 7.12. The highest BCUT2D eigenvalue weighted by Gasteiger charge is 2.40. The molecule has 2 aliphatic rings. The van der Waals surface area contributed by atoms with Crippen LogP contribution >= 0.6 is 11.3 Å². The smallest absolute Gasteiger partial charge is 0.243 e. The van der Waals surface area contributed by atoms with Crippen LogP contribution in [0.4, 0.5) is 0 Å². The second kappa shape index (κ2) is 7.46. The Bertz CT molecular complexity index is 1110. The molecule has 4 heterocycles. The van der Waals surface area contributed by atoms with Crippen LogP contribution in [-0.2, 0) is 23.6 Å². The number of nitrogens with zero attached hydrogens (tertiary/aromatic N) is 5. The maximum Gasteiger partial charge on any atom is 0.243 e. The Balaban J connectivity index is 1.27. The van der Waals surface area contributed by atoms with Gasteiger partial charge in [-0.05, 0) is 62.0 Å². The summed E-state index contributed by atoms with van der Waals surface area (Å²) in [5.74, 6) is 0.877. The van der Waals surface area contributed by atoms with Crippen molar-refractivity contribution in [1.29, 1.82) is 0 Å². The lowest BCUT2D eigenvalue weighted by molar-refractivity contribution is 0.259. The number of thiazole rings is 1. The lowest BCUT2D eigenvalue weighted by Crippen LogP contribution is -2.31. The molecule has 7 nitrogen and oxygen atoms in total. The Kier molecular flexibility index (Phi) is 4.93. The van der Waals surface area contributed by atoms with Gasteiger partial charge in [-0.25, -0.2) is 13.4 Å². The van der Waals surface area contributed by atoms with Crippen molar-refractivity contribution in [2.75, 3.05) is 26.2 Å². The average molecular weight is 432 g/mol. The fourth-order valence-corrected chi connectivity index (χ4v) is 7.01. The summed E-state index contributed by atoms with van der Waals surface area (Å²) in [6.45, 7) is 4.19. The van der Waals surface area contributed by atoms with Crippen molar-refractivity contribution < 1.29 is 8.42 Å². The Morgan fingerprint density at radius 1 is 1.14 bits per heavy atom. The van der Waals surface area contributed by atoms with Crippen molar-refractivity contribution in [3.8, 4) is 0 Å². The average Bonchev–Trinajstić information content (AvgIpc) is 3.41. The molecule has 0 N–H and O–H groups in total. The van der Waals surface area contributed by atoms with E-state index in [4.69, 9.17) is 0 Å². The van der Waals surface area contributed by atoms with Crippen LogP contribution < -0.4 is 0 Å². The van der Waals surface area contributed by atoms with Gasteiger partial charge in [0.1, 0.15) is 0 Å². The molecule has 0 bridgehead atoms. The molecular formula is C20H25N5O2S2. The molecule has 3 aromatic rings. The van der Waals surface area contributed by atoms with E-state index in [1.807, 2.05) is 24.0 Å². The molecule has 0 saturated carbocycles. The molecule has 0 amide bonds. The van der Waals surface area contributed by atoms with Crippen LogP contribution in [0.15, 0.2) is 40.9 Å². The van der Waals surface area contributed by atoms with Gasteiger partial charge in [0.05, 0.1) is 26.3 Å². The minimum atomic E-state index is -3.45. The molecule has 29 heavy (non-hydrogen) atoms. The Morgan fingerprint density at radius 2 is 1.90 bits per heavy atom. The number of hydrogen-bond donors (Lipinski definition) is 0. The summed E-state index contributed by atoms with van der Waals surface area (Å²) in [5.41, 5.74) is 3.83. The van der Waals surface area contributed by atoms with Gasteiger partial charge in [0.25, 0.3) is 0 Å². The van der Waals surface area contributed by atoms with Gasteiger partial charge in [-0.15, -0.1) is 11.3 Å². The first kappa shape index (κ1) is 19.2. The predicted molar refractivity (Wildman–Crippen MR) is 113 cm³/mol. The fraction of sp³-hybridized carbons (Fsp3) is 0.500. The third kappa shape index (κ3) is 3.61. The molecule has 0 aliphatic carbocycles. The summed E-state index contributed by atoms with van der Waals surface area (Å²) in [7, 11) is -1.47. The van der Waals surface area contributed by atoms with E-state index in [1.54, 1.807) is 21.9 Å². The van der Waals surface area contributed by atoms with Crippen LogP contribution in [0.5, 0.6) is 0 Å². The minimum Gasteiger partial charge on any atom is -0.298 e. The number of fused-ring (bicyclic) bond motifs is 2. The van der Waals surface area contributed by atoms with Gasteiger partial charge in [0.15, 0.2) is 0 Å². The molecule has 2 aliphatic heterocycles. The molecule has 154 valence electrons. The zero-order valence-corrected chi connectivity index (χ0v) is 18.1. The third-order valence-corrected chi connectivity index (χ3v) is 9.04. The lowest BCUT2D eigenvalue weighted by atomic mass is 9.92. The Hall–Kier alpha value is -1.81. The van der Waals surface area contributed by atoms with E-state index in [1.165, 1.54) is 17.0 Å². The van der Waals surface area contributed by atoms with Gasteiger partial charge in [0.2, 0.25) is 10.0 Å². The van der Waals surface area contributed by atoms with Crippen molar-refractivity contribution in [3.63, 3.8) is 0 Å². The molecule has 5 rings (SSSR count). The monoisotopic (exact) mass is 431 g/mol. The van der Waals surface area contributed by atoms with Crippen LogP contribution in [0.3, 0.4) is 0 Å². The van der Waals surface area contributed by atoms with E-state index >= 15 is 0 Å². The molecule has 2 aromatic heterocycles. The minimum absolute atomic E-state index is 0.392. The highest BCUT2D eigenvalue weighted by molar-refractivity contribution is 7.89. The number of benzene rings is 1. The second-order valence-electron chi connectivity index (χ2n) is 8.12. The Labute approximate surface area is 175 Å². The number of rotatable bonds is 4. The molecule has 0 radical (unpaired) electrons. The molecule has 2 atom stereocenters. The number of aryl methyl sites for hydroxylation is 1. The second-order valence-corrected chi connectivity index (χ2v) is 10.9. The highest BCUT2D eigenvalue weighted by atomic mass is 32.2. The third-order valence-electron chi connectivity index (χ3n) is 6.42. The molecular weight excluding hydrogens is 406 g/mol. The van der Waals surface area contributed by atoms with E-state index < -0.39 is 10.0 Å². The maximum absolute atomic E-state index is 13.2. The van der Waals surface area contributed by atoms with Crippen molar-refractivity contribution in [3.05, 3.63) is 41.7 Å². The zero-order valence-electron chi connectivity index (χ0n) is 16.4. The van der Waals surface area contributed by atoms with Crippen molar-refractivity contribution in [2.45, 2.75) is 24.3 Å². The molecule has 2 fully saturated rings. The predicted octanol–water partition coefficient (Wildman–Crippen LogP) is 2.56. The first-order valence-corrected chi connectivity index (χ1v) is 12.4. The van der Waals surface area contributed by atoms with Crippen molar-refractivity contribution in [1.82, 2.24) is 24.0 Å². The Morgan fingerprint density at radius 3 is 2.59 bits per heavy atom. The number of aromatic nitrogens is 3. The van der Waals surface area contributed by atoms with Gasteiger partial charge in [-0.3, -0.25) is 9.58 Å². The standard InChI is InChI=1S/C20H25N5O2S2/c1-23-17(4-7-22-23)13-24-8-5-15-11-25(12-16(15)6-9-24)29(26,27)18-2-3-19-20(10-18)28-14-21-19/h2-4,7,10,14-16H,5-6,8-9,11-13H2,1H3/t15-,16+. The number of likely N-dealkylation sites (tertiary alicyclic amines) is 1. The van der Waals surface area contributed by atoms with Crippen LogP contribution in [0, 0.1) is 11.8 Å². The van der Waals surface area contributed by atoms with E-state index in [-0.39, 0.29) is 0 Å². The summed E-state index contributed by atoms with van der Waals surface area (Å²) >= 11 is 1.48. The normalized spacial score (nSPS) is 24.0. The molecule has 0 spiro atoms. The highest BCUT2D eigenvalue weighted by Crippen LogP contribution is 2.35. The van der Waals surface area contributed by atoms with Gasteiger partial charge in [-0.1, -0.05) is 0 Å². The van der Waals surface area contributed by atoms with Gasteiger partial charge in [-0.2, -0.15) is 9.40 Å². The van der Waals surface area contributed by atoms with Crippen LogP contribution in [0.1, 0.15) is 18.5 Å². The molecule has 0 unspecified atom stereocenters. The van der Waals surface area contributed by atoms with E-state index in [0.29, 0.717) is 29.8 Å². The quantitative estimate of drug-likeness (QED) is 0.635. The first-order valence-electron chi connectivity index (χ1n) is 10.0. The molecule has 2 saturated heterocycles. The number of hydrogen-bond acceptors (Lipinski definition) is 6. The van der Waals surface area contributed by atoms with E-state index in [9.17, 15) is 8.42 Å². The van der Waals surface area contributed by atoms with Crippen LogP contribution in [-0.4, -0.2) is 58.6 Å². The molecule has 9 heteroatoms. The van der Waals surface area contributed by atoms with Crippen LogP contribution in [0.25, 0.3) is 10.2 Å². The summed E-state index contributed by atoms with van der Waals surface area (Å²) in [6.07, 6.45) is 3.93. The molecule has 1 aromatic carbocycles. The van der Waals surface area contributed by atoms with Crippen molar-refractivity contribution in [2.24, 2.45) is 18.9 Å².